The number of fused-ring (bicyclic) bond motifs is 1. The van der Waals surface area contributed by atoms with Gasteiger partial charge < -0.3 is 11.1 Å². The highest BCUT2D eigenvalue weighted by atomic mass is 32.1. The highest BCUT2D eigenvalue weighted by molar-refractivity contribution is 7.21. The predicted octanol–water partition coefficient (Wildman–Crippen LogP) is 3.67. The van der Waals surface area contributed by atoms with Crippen LogP contribution < -0.4 is 11.1 Å². The molecule has 0 bridgehead atoms. The Morgan fingerprint density at radius 1 is 1.21 bits per heavy atom. The number of aryl methyl sites for hydroxylation is 2. The van der Waals surface area contributed by atoms with Crippen LogP contribution in [0.15, 0.2) is 24.5 Å². The second-order valence-corrected chi connectivity index (χ2v) is 8.38. The van der Waals surface area contributed by atoms with Crippen molar-refractivity contribution in [2.24, 2.45) is 5.73 Å². The smallest absolute Gasteiger partial charge is 0.280 e. The summed E-state index contributed by atoms with van der Waals surface area (Å²) in [6, 6.07) is 3.02. The number of nitrogens with two attached hydrogens (primary N) is 1. The number of alkyl halides is 2. The van der Waals surface area contributed by atoms with Crippen LogP contribution in [0.1, 0.15) is 40.1 Å². The zero-order chi connectivity index (χ0) is 23.9. The van der Waals surface area contributed by atoms with Crippen LogP contribution in [0.4, 0.5) is 14.5 Å². The molecule has 33 heavy (non-hydrogen) atoms. The molecule has 0 aliphatic rings. The summed E-state index contributed by atoms with van der Waals surface area (Å²) in [7, 11) is 0. The number of hydrogen-bond donors (Lipinski definition) is 2. The van der Waals surface area contributed by atoms with Gasteiger partial charge in [0.05, 0.1) is 11.9 Å². The van der Waals surface area contributed by atoms with Crippen LogP contribution in [0.25, 0.3) is 21.3 Å². The molecule has 172 valence electrons. The normalized spacial score (nSPS) is 11.5. The zero-order valence-electron chi connectivity index (χ0n) is 18.1. The van der Waals surface area contributed by atoms with E-state index in [2.05, 4.69) is 20.5 Å². The van der Waals surface area contributed by atoms with Crippen molar-refractivity contribution in [2.45, 2.75) is 40.3 Å². The van der Waals surface area contributed by atoms with Gasteiger partial charge >= 0.3 is 0 Å². The van der Waals surface area contributed by atoms with E-state index < -0.39 is 23.9 Å². The Morgan fingerprint density at radius 2 is 1.97 bits per heavy atom. The lowest BCUT2D eigenvalue weighted by Crippen LogP contribution is -2.22. The molecule has 0 spiro atoms. The van der Waals surface area contributed by atoms with E-state index in [0.29, 0.717) is 23.1 Å². The molecule has 12 heteroatoms. The first kappa shape index (κ1) is 22.5. The minimum Gasteiger partial charge on any atom is -0.365 e. The molecular weight excluding hydrogens is 452 g/mol. The molecule has 4 heterocycles. The SMILES string of the molecule is CCn1ncc(-c2cc(C(F)F)nc3sc(C(N)=O)c(NC(=O)Cn4nccc4C)c23)c1C. The van der Waals surface area contributed by atoms with Crippen LogP contribution in [-0.2, 0) is 17.9 Å². The highest BCUT2D eigenvalue weighted by Gasteiger charge is 2.26. The van der Waals surface area contributed by atoms with Crippen molar-refractivity contribution < 1.29 is 18.4 Å². The quantitative estimate of drug-likeness (QED) is 0.424. The summed E-state index contributed by atoms with van der Waals surface area (Å²) in [5.74, 6) is -1.25. The van der Waals surface area contributed by atoms with Gasteiger partial charge in [-0.2, -0.15) is 10.2 Å². The van der Waals surface area contributed by atoms with Crippen LogP contribution in [0.5, 0.6) is 0 Å². The fourth-order valence-corrected chi connectivity index (χ4v) is 4.66. The van der Waals surface area contributed by atoms with Crippen LogP contribution in [0.3, 0.4) is 0 Å². The molecule has 0 aliphatic carbocycles. The van der Waals surface area contributed by atoms with E-state index in [1.54, 1.807) is 30.1 Å². The van der Waals surface area contributed by atoms with Crippen molar-refractivity contribution >= 4 is 39.1 Å². The maximum atomic E-state index is 13.6. The van der Waals surface area contributed by atoms with Crippen molar-refractivity contribution in [2.75, 3.05) is 5.32 Å². The molecule has 0 atom stereocenters. The van der Waals surface area contributed by atoms with E-state index in [1.165, 1.54) is 10.7 Å². The standard InChI is InChI=1S/C21H21F2N7O2S/c1-4-29-11(3)13(8-26-29)12-7-14(19(22)23)27-21-16(12)17(18(33-21)20(24)32)28-15(31)9-30-10(2)5-6-25-30/h5-8,19H,4,9H2,1-3H3,(H2,24,32)(H,28,31). The van der Waals surface area contributed by atoms with E-state index in [0.717, 1.165) is 22.7 Å². The number of amides is 2. The van der Waals surface area contributed by atoms with Crippen molar-refractivity contribution in [3.05, 3.63) is 46.5 Å². The van der Waals surface area contributed by atoms with Crippen LogP contribution in [-0.4, -0.2) is 36.4 Å². The number of nitrogens with one attached hydrogen (secondary N) is 1. The summed E-state index contributed by atoms with van der Waals surface area (Å²) in [5.41, 5.74) is 7.79. The molecule has 0 unspecified atom stereocenters. The molecule has 9 nitrogen and oxygen atoms in total. The molecule has 4 aromatic heterocycles. The molecule has 0 aliphatic heterocycles. The topological polar surface area (TPSA) is 121 Å². The third kappa shape index (κ3) is 4.09. The third-order valence-corrected chi connectivity index (χ3v) is 6.41. The highest BCUT2D eigenvalue weighted by Crippen LogP contribution is 2.43. The Labute approximate surface area is 191 Å². The van der Waals surface area contributed by atoms with Gasteiger partial charge in [-0.25, -0.2) is 13.8 Å². The van der Waals surface area contributed by atoms with E-state index >= 15 is 0 Å². The fraction of sp³-hybridized carbons (Fsp3) is 0.286. The predicted molar refractivity (Wildman–Crippen MR) is 120 cm³/mol. The third-order valence-electron chi connectivity index (χ3n) is 5.31. The largest absolute Gasteiger partial charge is 0.365 e. The molecule has 3 N–H and O–H groups in total. The summed E-state index contributed by atoms with van der Waals surface area (Å²) in [4.78, 5) is 29.3. The van der Waals surface area contributed by atoms with Gasteiger partial charge in [0.15, 0.2) is 0 Å². The first-order chi connectivity index (χ1) is 15.7. The van der Waals surface area contributed by atoms with E-state index in [-0.39, 0.29) is 21.9 Å². The van der Waals surface area contributed by atoms with Gasteiger partial charge in [0, 0.05) is 35.1 Å². The maximum Gasteiger partial charge on any atom is 0.280 e. The number of carbonyl (C=O) groups is 2. The number of carbonyl (C=O) groups excluding carboxylic acids is 2. The number of aromatic nitrogens is 5. The summed E-state index contributed by atoms with van der Waals surface area (Å²) in [6.45, 7) is 6.02. The van der Waals surface area contributed by atoms with Crippen molar-refractivity contribution in [3.8, 4) is 11.1 Å². The first-order valence-electron chi connectivity index (χ1n) is 10.1. The number of halogens is 2. The van der Waals surface area contributed by atoms with Gasteiger partial charge in [-0.1, -0.05) is 0 Å². The average Bonchev–Trinajstić information content (AvgIpc) is 3.45. The first-order valence-corrected chi connectivity index (χ1v) is 10.9. The van der Waals surface area contributed by atoms with Gasteiger partial charge in [-0.3, -0.25) is 19.0 Å². The van der Waals surface area contributed by atoms with E-state index in [4.69, 9.17) is 5.73 Å². The number of thiophene rings is 1. The molecule has 0 aromatic carbocycles. The second-order valence-electron chi connectivity index (χ2n) is 7.38. The lowest BCUT2D eigenvalue weighted by Gasteiger charge is -2.11. The molecule has 4 rings (SSSR count). The lowest BCUT2D eigenvalue weighted by atomic mass is 10.0. The van der Waals surface area contributed by atoms with Gasteiger partial charge in [-0.05, 0) is 38.5 Å². The summed E-state index contributed by atoms with van der Waals surface area (Å²) >= 11 is 0.861. The van der Waals surface area contributed by atoms with Crippen LogP contribution >= 0.6 is 11.3 Å². The average molecular weight is 474 g/mol. The Bertz CT molecular complexity index is 1370. The Hall–Kier alpha value is -3.67. The second kappa shape index (κ2) is 8.70. The fourth-order valence-electron chi connectivity index (χ4n) is 3.64. The Balaban J connectivity index is 1.92. The molecule has 0 fully saturated rings. The molecule has 4 aromatic rings. The molecule has 0 saturated carbocycles. The van der Waals surface area contributed by atoms with Gasteiger partial charge in [-0.15, -0.1) is 11.3 Å². The number of rotatable bonds is 7. The number of nitrogens with zero attached hydrogens (tertiary/aromatic N) is 5. The van der Waals surface area contributed by atoms with E-state index in [9.17, 15) is 18.4 Å². The molecular formula is C21H21F2N7O2S. The van der Waals surface area contributed by atoms with E-state index in [1.807, 2.05) is 13.8 Å². The van der Waals surface area contributed by atoms with Gasteiger partial charge in [0.2, 0.25) is 5.91 Å². The lowest BCUT2D eigenvalue weighted by molar-refractivity contribution is -0.116. The van der Waals surface area contributed by atoms with Crippen LogP contribution in [0, 0.1) is 13.8 Å². The number of pyridine rings is 1. The summed E-state index contributed by atoms with van der Waals surface area (Å²) in [5, 5.41) is 11.5. The van der Waals surface area contributed by atoms with Gasteiger partial charge in [0.1, 0.15) is 21.9 Å². The molecule has 0 radical (unpaired) electrons. The monoisotopic (exact) mass is 473 g/mol. The molecule has 2 amide bonds. The van der Waals surface area contributed by atoms with Crippen molar-refractivity contribution in [1.29, 1.82) is 0 Å². The van der Waals surface area contributed by atoms with Crippen LogP contribution in [0.2, 0.25) is 0 Å². The minimum absolute atomic E-state index is 0.0243. The number of hydrogen-bond acceptors (Lipinski definition) is 6. The van der Waals surface area contributed by atoms with Gasteiger partial charge in [0.25, 0.3) is 12.3 Å². The van der Waals surface area contributed by atoms with Crippen molar-refractivity contribution in [1.82, 2.24) is 24.5 Å². The number of anilines is 1. The summed E-state index contributed by atoms with van der Waals surface area (Å²) in [6.07, 6.45) is 0.317. The zero-order valence-corrected chi connectivity index (χ0v) is 18.9. The summed E-state index contributed by atoms with van der Waals surface area (Å²) < 4.78 is 30.5. The Kier molecular flexibility index (Phi) is 5.93. The Morgan fingerprint density at radius 3 is 2.55 bits per heavy atom. The minimum atomic E-state index is -2.82. The van der Waals surface area contributed by atoms with Crippen molar-refractivity contribution in [3.63, 3.8) is 0 Å². The number of primary amides is 1. The maximum absolute atomic E-state index is 13.6. The molecule has 0 saturated heterocycles.